The van der Waals surface area contributed by atoms with Gasteiger partial charge in [-0.3, -0.25) is 10.1 Å². The van der Waals surface area contributed by atoms with Gasteiger partial charge >= 0.3 is 5.97 Å². The molecule has 0 aliphatic heterocycles. The molecular weight excluding hydrogens is 148 g/mol. The Bertz CT molecular complexity index is 138. The van der Waals surface area contributed by atoms with Crippen LogP contribution in [0.4, 0.5) is 0 Å². The lowest BCUT2D eigenvalue weighted by Crippen LogP contribution is -2.24. The van der Waals surface area contributed by atoms with Crippen LogP contribution in [0.3, 0.4) is 0 Å². The molecule has 11 heavy (non-hydrogen) atoms. The molecule has 0 saturated heterocycles. The van der Waals surface area contributed by atoms with Crippen LogP contribution in [0.5, 0.6) is 0 Å². The molecule has 0 aliphatic carbocycles. The number of hydrogen-bond donors (Lipinski definition) is 2. The zero-order valence-electron chi connectivity index (χ0n) is 6.41. The second kappa shape index (κ2) is 5.79. The molecule has 1 atom stereocenters. The fraction of sp³-hybridized carbons (Fsp3) is 0.833. The van der Waals surface area contributed by atoms with Gasteiger partial charge < -0.3 is 5.11 Å². The van der Waals surface area contributed by atoms with E-state index in [-0.39, 0.29) is 6.42 Å². The van der Waals surface area contributed by atoms with E-state index < -0.39 is 12.1 Å². The van der Waals surface area contributed by atoms with Crippen LogP contribution in [0.25, 0.3) is 0 Å². The van der Waals surface area contributed by atoms with E-state index in [0.29, 0.717) is 13.0 Å². The number of carbonyl (C=O) groups is 1. The molecule has 64 valence electrons. The maximum Gasteiger partial charge on any atom is 0.303 e. The van der Waals surface area contributed by atoms with Crippen LogP contribution < -0.4 is 5.32 Å². The molecule has 0 aliphatic rings. The Kier molecular flexibility index (Phi) is 5.28. The molecule has 0 amide bonds. The van der Waals surface area contributed by atoms with Gasteiger partial charge in [0.15, 0.2) is 0 Å². The summed E-state index contributed by atoms with van der Waals surface area (Å²) in [4.78, 5) is 19.8. The minimum Gasteiger partial charge on any atom is -0.481 e. The maximum absolute atomic E-state index is 10.0. The summed E-state index contributed by atoms with van der Waals surface area (Å²) in [5, 5.41) is 13.7. The summed E-state index contributed by atoms with van der Waals surface area (Å²) in [6, 6.07) is 0. The number of nitrogens with zero attached hydrogens (tertiary/aromatic N) is 1. The number of nitroso groups, excluding NO2 is 1. The van der Waals surface area contributed by atoms with Crippen molar-refractivity contribution in [2.24, 2.45) is 5.18 Å². The summed E-state index contributed by atoms with van der Waals surface area (Å²) in [6.45, 7) is 2.13. The van der Waals surface area contributed by atoms with Gasteiger partial charge in [-0.25, -0.2) is 0 Å². The van der Waals surface area contributed by atoms with E-state index in [1.54, 1.807) is 6.92 Å². The topological polar surface area (TPSA) is 78.8 Å². The second-order valence-electron chi connectivity index (χ2n) is 2.23. The van der Waals surface area contributed by atoms with Gasteiger partial charge in [0.2, 0.25) is 0 Å². The maximum atomic E-state index is 10.0. The van der Waals surface area contributed by atoms with Crippen molar-refractivity contribution in [1.29, 1.82) is 0 Å². The van der Waals surface area contributed by atoms with Gasteiger partial charge in [0.05, 0.1) is 0 Å². The molecule has 0 heterocycles. The minimum absolute atomic E-state index is 0.124. The summed E-state index contributed by atoms with van der Waals surface area (Å²) >= 11 is 0. The van der Waals surface area contributed by atoms with Gasteiger partial charge in [0, 0.05) is 6.42 Å². The van der Waals surface area contributed by atoms with Crippen LogP contribution in [0.15, 0.2) is 5.18 Å². The van der Waals surface area contributed by atoms with E-state index in [9.17, 15) is 9.70 Å². The van der Waals surface area contributed by atoms with Crippen molar-refractivity contribution in [1.82, 2.24) is 5.32 Å². The first-order valence-corrected chi connectivity index (χ1v) is 3.44. The summed E-state index contributed by atoms with van der Waals surface area (Å²) in [5.74, 6) is -0.821. The van der Waals surface area contributed by atoms with Gasteiger partial charge in [-0.2, -0.15) is 0 Å². The van der Waals surface area contributed by atoms with Crippen molar-refractivity contribution in [3.8, 4) is 0 Å². The monoisotopic (exact) mass is 160 g/mol. The molecule has 0 saturated carbocycles. The van der Waals surface area contributed by atoms with E-state index >= 15 is 0 Å². The second-order valence-corrected chi connectivity index (χ2v) is 2.23. The normalized spacial score (nSPS) is 12.5. The number of aliphatic carboxylic acids is 1. The van der Waals surface area contributed by atoms with Crippen molar-refractivity contribution < 1.29 is 9.90 Å². The van der Waals surface area contributed by atoms with Crippen LogP contribution in [-0.2, 0) is 4.79 Å². The number of hydrogen-bond acceptors (Lipinski definition) is 4. The fourth-order valence-corrected chi connectivity index (χ4v) is 0.588. The number of carboxylic acid groups (broad SMARTS) is 1. The Morgan fingerprint density at radius 2 is 2.36 bits per heavy atom. The fourth-order valence-electron chi connectivity index (χ4n) is 0.588. The molecule has 0 radical (unpaired) electrons. The molecule has 0 bridgehead atoms. The van der Waals surface area contributed by atoms with Crippen molar-refractivity contribution in [2.75, 3.05) is 6.54 Å². The van der Waals surface area contributed by atoms with Gasteiger partial charge in [0.1, 0.15) is 6.17 Å². The average molecular weight is 160 g/mol. The summed E-state index contributed by atoms with van der Waals surface area (Å²) < 4.78 is 0. The highest BCUT2D eigenvalue weighted by atomic mass is 16.4. The zero-order valence-corrected chi connectivity index (χ0v) is 6.41. The molecular formula is C6H12N2O3. The largest absolute Gasteiger partial charge is 0.481 e. The van der Waals surface area contributed by atoms with Crippen molar-refractivity contribution in [2.45, 2.75) is 25.9 Å². The lowest BCUT2D eigenvalue weighted by atomic mass is 10.3. The molecule has 1 unspecified atom stereocenters. The Hall–Kier alpha value is -0.970. The van der Waals surface area contributed by atoms with Gasteiger partial charge in [-0.15, -0.1) is 4.91 Å². The van der Waals surface area contributed by atoms with Crippen molar-refractivity contribution in [3.05, 3.63) is 4.91 Å². The first-order valence-electron chi connectivity index (χ1n) is 3.44. The van der Waals surface area contributed by atoms with Crippen molar-refractivity contribution in [3.63, 3.8) is 0 Å². The third-order valence-corrected chi connectivity index (χ3v) is 1.17. The molecule has 0 aromatic heterocycles. The molecule has 0 rings (SSSR count). The van der Waals surface area contributed by atoms with E-state index in [1.165, 1.54) is 0 Å². The molecule has 2 N–H and O–H groups in total. The first-order chi connectivity index (χ1) is 5.16. The highest BCUT2D eigenvalue weighted by molar-refractivity contribution is 5.66. The third-order valence-electron chi connectivity index (χ3n) is 1.17. The van der Waals surface area contributed by atoms with Crippen molar-refractivity contribution >= 4 is 5.97 Å². The Balaban J connectivity index is 3.14. The summed E-state index contributed by atoms with van der Waals surface area (Å²) in [5.41, 5.74) is 0. The van der Waals surface area contributed by atoms with E-state index in [2.05, 4.69) is 10.5 Å². The predicted octanol–water partition coefficient (Wildman–Crippen LogP) is 0.553. The number of nitrogens with one attached hydrogen (secondary N) is 1. The van der Waals surface area contributed by atoms with Gasteiger partial charge in [-0.1, -0.05) is 5.18 Å². The predicted molar refractivity (Wildman–Crippen MR) is 40.1 cm³/mol. The smallest absolute Gasteiger partial charge is 0.303 e. The van der Waals surface area contributed by atoms with Crippen LogP contribution >= 0.6 is 0 Å². The van der Waals surface area contributed by atoms with E-state index in [0.717, 1.165) is 0 Å². The standard InChI is InChI=1S/C6H12N2O3/c1-5(8-11)7-4-2-3-6(9)10/h5,7H,2-4H2,1H3,(H,9,10). The van der Waals surface area contributed by atoms with Gasteiger partial charge in [0.25, 0.3) is 0 Å². The van der Waals surface area contributed by atoms with Crippen LogP contribution in [0, 0.1) is 4.91 Å². The molecule has 0 aromatic carbocycles. The quantitative estimate of drug-likeness (QED) is 0.439. The van der Waals surface area contributed by atoms with Crippen LogP contribution in [-0.4, -0.2) is 23.8 Å². The summed E-state index contributed by atoms with van der Waals surface area (Å²) in [6.07, 6.45) is 0.220. The first kappa shape index (κ1) is 10.0. The minimum atomic E-state index is -0.821. The highest BCUT2D eigenvalue weighted by Crippen LogP contribution is 1.88. The summed E-state index contributed by atoms with van der Waals surface area (Å²) in [7, 11) is 0. The van der Waals surface area contributed by atoms with Crippen LogP contribution in [0.2, 0.25) is 0 Å². The van der Waals surface area contributed by atoms with E-state index in [4.69, 9.17) is 5.11 Å². The Morgan fingerprint density at radius 1 is 1.73 bits per heavy atom. The van der Waals surface area contributed by atoms with E-state index in [1.807, 2.05) is 0 Å². The molecule has 5 nitrogen and oxygen atoms in total. The molecule has 5 heteroatoms. The Morgan fingerprint density at radius 3 is 2.82 bits per heavy atom. The lowest BCUT2D eigenvalue weighted by molar-refractivity contribution is -0.137. The van der Waals surface area contributed by atoms with Crippen LogP contribution in [0.1, 0.15) is 19.8 Å². The third kappa shape index (κ3) is 6.92. The molecule has 0 spiro atoms. The SMILES string of the molecule is CC(N=O)NCCCC(=O)O. The molecule has 0 fully saturated rings. The number of rotatable bonds is 6. The average Bonchev–Trinajstić information content (AvgIpc) is 1.97. The highest BCUT2D eigenvalue weighted by Gasteiger charge is 1.99. The number of carboxylic acids is 1. The molecule has 0 aromatic rings. The van der Waals surface area contributed by atoms with Gasteiger partial charge in [-0.05, 0) is 19.9 Å². The lowest BCUT2D eigenvalue weighted by Gasteiger charge is -2.03. The Labute approximate surface area is 64.8 Å². The zero-order chi connectivity index (χ0) is 8.69.